The van der Waals surface area contributed by atoms with Gasteiger partial charge in [0.15, 0.2) is 0 Å². The highest BCUT2D eigenvalue weighted by molar-refractivity contribution is 6.14. The Morgan fingerprint density at radius 2 is 1.62 bits per heavy atom. The zero-order valence-corrected chi connectivity index (χ0v) is 14.7. The first kappa shape index (κ1) is 19.4. The molecule has 2 rings (SSSR count). The molecule has 0 fully saturated rings. The van der Waals surface area contributed by atoms with Gasteiger partial charge in [0.05, 0.1) is 12.3 Å². The number of ether oxygens (including phenoxy) is 1. The number of rotatable bonds is 6. The number of halogens is 2. The summed E-state index contributed by atoms with van der Waals surface area (Å²) in [5.41, 5.74) is -1.19. The van der Waals surface area contributed by atoms with Crippen LogP contribution in [0.4, 0.5) is 20.2 Å². The van der Waals surface area contributed by atoms with Gasteiger partial charge in [0.2, 0.25) is 11.8 Å². The van der Waals surface area contributed by atoms with Crippen molar-refractivity contribution in [3.05, 3.63) is 54.1 Å². The van der Waals surface area contributed by atoms with Crippen LogP contribution in [0.5, 0.6) is 5.75 Å². The summed E-state index contributed by atoms with van der Waals surface area (Å²) in [5.74, 6) is -2.29. The Bertz CT molecular complexity index is 805. The average molecular weight is 362 g/mol. The third-order valence-electron chi connectivity index (χ3n) is 3.74. The van der Waals surface area contributed by atoms with Gasteiger partial charge in [-0.15, -0.1) is 0 Å². The third-order valence-corrected chi connectivity index (χ3v) is 3.74. The average Bonchev–Trinajstić information content (AvgIpc) is 2.59. The van der Waals surface area contributed by atoms with Crippen molar-refractivity contribution < 1.29 is 23.1 Å². The summed E-state index contributed by atoms with van der Waals surface area (Å²) in [7, 11) is 0. The summed E-state index contributed by atoms with van der Waals surface area (Å²) >= 11 is 0. The third kappa shape index (κ3) is 4.56. The van der Waals surface area contributed by atoms with Gasteiger partial charge in [0, 0.05) is 11.8 Å². The first-order valence-electron chi connectivity index (χ1n) is 8.05. The van der Waals surface area contributed by atoms with Crippen molar-refractivity contribution in [1.29, 1.82) is 0 Å². The molecule has 2 amide bonds. The summed E-state index contributed by atoms with van der Waals surface area (Å²) in [4.78, 5) is 24.8. The summed E-state index contributed by atoms with van der Waals surface area (Å²) in [6, 6.07) is 9.46. The second-order valence-electron chi connectivity index (χ2n) is 6.11. The van der Waals surface area contributed by atoms with E-state index in [1.54, 1.807) is 24.3 Å². The quantitative estimate of drug-likeness (QED) is 0.764. The molecule has 7 heteroatoms. The molecule has 0 spiro atoms. The van der Waals surface area contributed by atoms with Gasteiger partial charge in [-0.05, 0) is 57.2 Å². The molecule has 0 bridgehead atoms. The SMILES string of the molecule is CCOc1ccc(NC(=O)C(C)(C)C(=O)Nc2ccc(F)cc2F)cc1. The number of benzene rings is 2. The van der Waals surface area contributed by atoms with Gasteiger partial charge in [-0.25, -0.2) is 8.78 Å². The van der Waals surface area contributed by atoms with Crippen molar-refractivity contribution in [1.82, 2.24) is 0 Å². The van der Waals surface area contributed by atoms with E-state index in [4.69, 9.17) is 4.74 Å². The van der Waals surface area contributed by atoms with E-state index in [9.17, 15) is 18.4 Å². The van der Waals surface area contributed by atoms with Crippen LogP contribution in [0.15, 0.2) is 42.5 Å². The maximum atomic E-state index is 13.7. The number of amides is 2. The molecule has 0 aliphatic rings. The Morgan fingerprint density at radius 1 is 1.00 bits per heavy atom. The van der Waals surface area contributed by atoms with Crippen LogP contribution in [-0.2, 0) is 9.59 Å². The maximum Gasteiger partial charge on any atom is 0.239 e. The molecule has 0 atom stereocenters. The molecule has 0 unspecified atom stereocenters. The van der Waals surface area contributed by atoms with Crippen molar-refractivity contribution in [3.63, 3.8) is 0 Å². The smallest absolute Gasteiger partial charge is 0.239 e. The molecule has 138 valence electrons. The predicted molar refractivity (Wildman–Crippen MR) is 95.0 cm³/mol. The van der Waals surface area contributed by atoms with Crippen molar-refractivity contribution in [3.8, 4) is 5.75 Å². The summed E-state index contributed by atoms with van der Waals surface area (Å²) in [6.07, 6.45) is 0. The number of hydrogen-bond acceptors (Lipinski definition) is 3. The maximum absolute atomic E-state index is 13.7. The summed E-state index contributed by atoms with van der Waals surface area (Å²) in [5, 5.41) is 4.94. The molecule has 2 aromatic rings. The van der Waals surface area contributed by atoms with Gasteiger partial charge in [-0.3, -0.25) is 9.59 Å². The normalized spacial score (nSPS) is 11.0. The van der Waals surface area contributed by atoms with Crippen LogP contribution in [0.2, 0.25) is 0 Å². The van der Waals surface area contributed by atoms with Crippen LogP contribution in [0.1, 0.15) is 20.8 Å². The molecule has 0 aliphatic carbocycles. The van der Waals surface area contributed by atoms with E-state index < -0.39 is 28.9 Å². The topological polar surface area (TPSA) is 67.4 Å². The first-order valence-corrected chi connectivity index (χ1v) is 8.05. The fourth-order valence-electron chi connectivity index (χ4n) is 2.06. The van der Waals surface area contributed by atoms with E-state index in [1.165, 1.54) is 13.8 Å². The lowest BCUT2D eigenvalue weighted by molar-refractivity contribution is -0.135. The van der Waals surface area contributed by atoms with Gasteiger partial charge in [-0.2, -0.15) is 0 Å². The molecular formula is C19H20F2N2O3. The van der Waals surface area contributed by atoms with E-state index in [0.29, 0.717) is 24.1 Å². The number of carbonyl (C=O) groups excluding carboxylic acids is 2. The molecule has 5 nitrogen and oxygen atoms in total. The van der Waals surface area contributed by atoms with Crippen molar-refractivity contribution in [2.75, 3.05) is 17.2 Å². The van der Waals surface area contributed by atoms with Gasteiger partial charge < -0.3 is 15.4 Å². The van der Waals surface area contributed by atoms with Crippen LogP contribution >= 0.6 is 0 Å². The molecule has 0 saturated carbocycles. The highest BCUT2D eigenvalue weighted by Gasteiger charge is 2.36. The van der Waals surface area contributed by atoms with Crippen LogP contribution in [0.25, 0.3) is 0 Å². The molecule has 2 N–H and O–H groups in total. The molecule has 2 aromatic carbocycles. The standard InChI is InChI=1S/C19H20F2N2O3/c1-4-26-14-8-6-13(7-9-14)22-17(24)19(2,3)18(25)23-16-10-5-12(20)11-15(16)21/h5-11H,4H2,1-3H3,(H,22,24)(H,23,25). The molecule has 0 aromatic heterocycles. The van der Waals surface area contributed by atoms with Gasteiger partial charge in [-0.1, -0.05) is 0 Å². The Balaban J connectivity index is 2.07. The van der Waals surface area contributed by atoms with Crippen LogP contribution < -0.4 is 15.4 Å². The minimum Gasteiger partial charge on any atom is -0.494 e. The number of anilines is 2. The molecular weight excluding hydrogens is 342 g/mol. The highest BCUT2D eigenvalue weighted by atomic mass is 19.1. The molecule has 0 heterocycles. The first-order chi connectivity index (χ1) is 12.2. The number of carbonyl (C=O) groups is 2. The monoisotopic (exact) mass is 362 g/mol. The van der Waals surface area contributed by atoms with Gasteiger partial charge in [0.25, 0.3) is 0 Å². The summed E-state index contributed by atoms with van der Waals surface area (Å²) in [6.45, 7) is 5.21. The van der Waals surface area contributed by atoms with E-state index in [0.717, 1.165) is 12.1 Å². The van der Waals surface area contributed by atoms with Crippen LogP contribution in [0.3, 0.4) is 0 Å². The lowest BCUT2D eigenvalue weighted by Gasteiger charge is -2.23. The predicted octanol–water partition coefficient (Wildman–Crippen LogP) is 3.97. The Labute approximate surface area is 150 Å². The molecule has 0 saturated heterocycles. The second kappa shape index (κ2) is 7.95. The number of nitrogens with one attached hydrogen (secondary N) is 2. The van der Waals surface area contributed by atoms with Crippen molar-refractivity contribution >= 4 is 23.2 Å². The van der Waals surface area contributed by atoms with E-state index in [1.807, 2.05) is 6.92 Å². The van der Waals surface area contributed by atoms with Crippen molar-refractivity contribution in [2.24, 2.45) is 5.41 Å². The lowest BCUT2D eigenvalue weighted by Crippen LogP contribution is -2.41. The molecule has 0 radical (unpaired) electrons. The van der Waals surface area contributed by atoms with E-state index >= 15 is 0 Å². The van der Waals surface area contributed by atoms with E-state index in [2.05, 4.69) is 10.6 Å². The minimum atomic E-state index is -1.49. The van der Waals surface area contributed by atoms with E-state index in [-0.39, 0.29) is 5.69 Å². The Kier molecular flexibility index (Phi) is 5.92. The fourth-order valence-corrected chi connectivity index (χ4v) is 2.06. The Morgan fingerprint density at radius 3 is 2.19 bits per heavy atom. The molecule has 26 heavy (non-hydrogen) atoms. The Hall–Kier alpha value is -2.96. The molecule has 0 aliphatic heterocycles. The number of hydrogen-bond donors (Lipinski definition) is 2. The lowest BCUT2D eigenvalue weighted by atomic mass is 9.90. The van der Waals surface area contributed by atoms with Gasteiger partial charge >= 0.3 is 0 Å². The zero-order valence-electron chi connectivity index (χ0n) is 14.7. The van der Waals surface area contributed by atoms with Crippen LogP contribution in [0, 0.1) is 17.0 Å². The largest absolute Gasteiger partial charge is 0.494 e. The van der Waals surface area contributed by atoms with Gasteiger partial charge in [0.1, 0.15) is 22.8 Å². The highest BCUT2D eigenvalue weighted by Crippen LogP contribution is 2.24. The minimum absolute atomic E-state index is 0.196. The summed E-state index contributed by atoms with van der Waals surface area (Å²) < 4.78 is 31.9. The van der Waals surface area contributed by atoms with Crippen molar-refractivity contribution in [2.45, 2.75) is 20.8 Å². The fraction of sp³-hybridized carbons (Fsp3) is 0.263. The zero-order chi connectivity index (χ0) is 19.3. The van der Waals surface area contributed by atoms with Crippen LogP contribution in [-0.4, -0.2) is 18.4 Å². The second-order valence-corrected chi connectivity index (χ2v) is 6.11.